The smallest absolute Gasteiger partial charge is 0.407 e. The number of ether oxygens (including phenoxy) is 1. The quantitative estimate of drug-likeness (QED) is 0.381. The lowest BCUT2D eigenvalue weighted by molar-refractivity contribution is -0.120. The zero-order valence-corrected chi connectivity index (χ0v) is 9.74. The monoisotopic (exact) mass is 250 g/mol. The Morgan fingerprint density at radius 1 is 1.56 bits per heavy atom. The molecule has 0 aromatic rings. The van der Waals surface area contributed by atoms with Gasteiger partial charge in [-0.1, -0.05) is 12.7 Å². The molecular formula is C8H15N2O5P. The Bertz CT molecular complexity index is 259. The van der Waals surface area contributed by atoms with Gasteiger partial charge in [0.1, 0.15) is 13.2 Å². The van der Waals surface area contributed by atoms with Crippen molar-refractivity contribution in [3.63, 3.8) is 0 Å². The molecule has 92 valence electrons. The summed E-state index contributed by atoms with van der Waals surface area (Å²) in [5, 5.41) is 4.47. The molecule has 0 saturated carbocycles. The molecule has 1 atom stereocenters. The van der Waals surface area contributed by atoms with Gasteiger partial charge in [0.05, 0.1) is 5.78 Å². The average Bonchev–Trinajstić information content (AvgIpc) is 2.23. The fourth-order valence-electron chi connectivity index (χ4n) is 0.680. The van der Waals surface area contributed by atoms with Gasteiger partial charge < -0.3 is 25.2 Å². The first-order valence-electron chi connectivity index (χ1n) is 4.45. The van der Waals surface area contributed by atoms with Crippen LogP contribution >= 0.6 is 8.38 Å². The Balaban J connectivity index is 3.72. The van der Waals surface area contributed by atoms with Crippen molar-refractivity contribution >= 4 is 20.4 Å². The number of nitrogens with one attached hydrogen (secondary N) is 2. The van der Waals surface area contributed by atoms with Crippen LogP contribution in [0.25, 0.3) is 0 Å². The van der Waals surface area contributed by atoms with Crippen LogP contribution in [0.2, 0.25) is 0 Å². The van der Waals surface area contributed by atoms with Crippen molar-refractivity contribution in [2.24, 2.45) is 0 Å². The Kier molecular flexibility index (Phi) is 7.45. The van der Waals surface area contributed by atoms with E-state index in [1.165, 1.54) is 13.0 Å². The number of alkyl carbamates (subject to hydrolysis) is 1. The number of rotatable bonds is 6. The van der Waals surface area contributed by atoms with E-state index in [4.69, 9.17) is 9.79 Å². The molecule has 0 aliphatic heterocycles. The van der Waals surface area contributed by atoms with Crippen LogP contribution in [-0.2, 0) is 9.53 Å². The topological polar surface area (TPSA) is 108 Å². The molecule has 0 radical (unpaired) electrons. The highest BCUT2D eigenvalue weighted by Gasteiger charge is 2.14. The van der Waals surface area contributed by atoms with Crippen molar-refractivity contribution in [3.05, 3.63) is 12.7 Å². The highest BCUT2D eigenvalue weighted by molar-refractivity contribution is 7.45. The summed E-state index contributed by atoms with van der Waals surface area (Å²) in [6.45, 7) is 4.56. The van der Waals surface area contributed by atoms with Crippen LogP contribution < -0.4 is 10.6 Å². The molecule has 0 spiro atoms. The standard InChI is InChI=1S/C8H15N2O5P/c1-3-4-15-8(12)9-5-7(11)10-6(2)16(13)14/h3,6,13-14H,1,4-5H2,2H3,(H,9,12)(H,10,11). The molecule has 0 bridgehead atoms. The molecule has 0 aliphatic rings. The van der Waals surface area contributed by atoms with Gasteiger partial charge in [-0.15, -0.1) is 0 Å². The first-order chi connectivity index (χ1) is 7.47. The minimum Gasteiger partial charge on any atom is -0.445 e. The van der Waals surface area contributed by atoms with E-state index in [0.717, 1.165) is 0 Å². The molecule has 7 nitrogen and oxygen atoms in total. The van der Waals surface area contributed by atoms with E-state index in [9.17, 15) is 9.59 Å². The highest BCUT2D eigenvalue weighted by atomic mass is 31.2. The summed E-state index contributed by atoms with van der Waals surface area (Å²) in [5.41, 5.74) is 0. The van der Waals surface area contributed by atoms with E-state index in [2.05, 4.69) is 21.9 Å². The van der Waals surface area contributed by atoms with E-state index in [1.54, 1.807) is 0 Å². The number of amides is 2. The van der Waals surface area contributed by atoms with Gasteiger partial charge in [-0.3, -0.25) is 4.79 Å². The third-order valence-electron chi connectivity index (χ3n) is 1.44. The van der Waals surface area contributed by atoms with E-state index in [0.29, 0.717) is 0 Å². The van der Waals surface area contributed by atoms with Crippen molar-refractivity contribution in [1.82, 2.24) is 10.6 Å². The van der Waals surface area contributed by atoms with Gasteiger partial charge >= 0.3 is 6.09 Å². The maximum Gasteiger partial charge on any atom is 0.407 e. The zero-order valence-electron chi connectivity index (χ0n) is 8.84. The fourth-order valence-corrected chi connectivity index (χ4v) is 0.939. The van der Waals surface area contributed by atoms with Crippen LogP contribution in [0.3, 0.4) is 0 Å². The molecule has 0 saturated heterocycles. The molecule has 0 aromatic carbocycles. The summed E-state index contributed by atoms with van der Waals surface area (Å²) >= 11 is 0. The van der Waals surface area contributed by atoms with Gasteiger partial charge in [0.15, 0.2) is 8.38 Å². The summed E-state index contributed by atoms with van der Waals surface area (Å²) < 4.78 is 4.55. The number of carbonyl (C=O) groups excluding carboxylic acids is 2. The van der Waals surface area contributed by atoms with Crippen molar-refractivity contribution in [2.45, 2.75) is 12.7 Å². The second-order valence-electron chi connectivity index (χ2n) is 2.80. The first kappa shape index (κ1) is 14.8. The van der Waals surface area contributed by atoms with Gasteiger partial charge in [0.2, 0.25) is 5.91 Å². The van der Waals surface area contributed by atoms with E-state index >= 15 is 0 Å². The molecular weight excluding hydrogens is 235 g/mol. The van der Waals surface area contributed by atoms with Crippen LogP contribution in [0.15, 0.2) is 12.7 Å². The van der Waals surface area contributed by atoms with E-state index in [1.807, 2.05) is 0 Å². The Labute approximate surface area is 94.4 Å². The summed E-state index contributed by atoms with van der Waals surface area (Å²) in [7, 11) is -2.22. The summed E-state index contributed by atoms with van der Waals surface area (Å²) in [5.74, 6) is -1.27. The minimum absolute atomic E-state index is 0.0580. The largest absolute Gasteiger partial charge is 0.445 e. The lowest BCUT2D eigenvalue weighted by Gasteiger charge is -2.14. The average molecular weight is 250 g/mol. The predicted octanol–water partition coefficient (Wildman–Crippen LogP) is -0.343. The Morgan fingerprint density at radius 3 is 2.69 bits per heavy atom. The van der Waals surface area contributed by atoms with E-state index < -0.39 is 26.2 Å². The van der Waals surface area contributed by atoms with Crippen LogP contribution in [0.1, 0.15) is 6.92 Å². The van der Waals surface area contributed by atoms with Crippen LogP contribution in [0.5, 0.6) is 0 Å². The molecule has 4 N–H and O–H groups in total. The lowest BCUT2D eigenvalue weighted by Crippen LogP contribution is -2.40. The molecule has 2 amide bonds. The zero-order chi connectivity index (χ0) is 12.6. The van der Waals surface area contributed by atoms with Crippen molar-refractivity contribution in [3.8, 4) is 0 Å². The summed E-state index contributed by atoms with van der Waals surface area (Å²) in [6.07, 6.45) is 0.657. The first-order valence-corrected chi connectivity index (χ1v) is 5.77. The molecule has 0 heterocycles. The van der Waals surface area contributed by atoms with Crippen molar-refractivity contribution in [2.75, 3.05) is 13.2 Å². The minimum atomic E-state index is -2.22. The number of hydrogen-bond acceptors (Lipinski definition) is 5. The van der Waals surface area contributed by atoms with Crippen molar-refractivity contribution in [1.29, 1.82) is 0 Å². The molecule has 16 heavy (non-hydrogen) atoms. The SMILES string of the molecule is C=CCOC(=O)NCC(=O)NC(C)P(O)O. The van der Waals surface area contributed by atoms with Gasteiger partial charge in [-0.25, -0.2) is 4.79 Å². The van der Waals surface area contributed by atoms with Gasteiger partial charge in [0.25, 0.3) is 0 Å². The highest BCUT2D eigenvalue weighted by Crippen LogP contribution is 2.27. The molecule has 1 unspecified atom stereocenters. The maximum atomic E-state index is 11.1. The molecule has 8 heteroatoms. The van der Waals surface area contributed by atoms with Gasteiger partial charge in [0, 0.05) is 0 Å². The fraction of sp³-hybridized carbons (Fsp3) is 0.500. The third-order valence-corrected chi connectivity index (χ3v) is 2.26. The van der Waals surface area contributed by atoms with Gasteiger partial charge in [-0.05, 0) is 6.92 Å². The molecule has 0 aliphatic carbocycles. The van der Waals surface area contributed by atoms with E-state index in [-0.39, 0.29) is 13.2 Å². The number of hydrogen-bond donors (Lipinski definition) is 4. The third kappa shape index (κ3) is 7.17. The van der Waals surface area contributed by atoms with Crippen LogP contribution in [0.4, 0.5) is 4.79 Å². The Morgan fingerprint density at radius 2 is 2.19 bits per heavy atom. The van der Waals surface area contributed by atoms with Crippen LogP contribution in [-0.4, -0.2) is 40.7 Å². The summed E-state index contributed by atoms with van der Waals surface area (Å²) in [4.78, 5) is 39.5. The summed E-state index contributed by atoms with van der Waals surface area (Å²) in [6, 6.07) is 0. The second kappa shape index (κ2) is 8.04. The van der Waals surface area contributed by atoms with Crippen molar-refractivity contribution < 1.29 is 24.1 Å². The van der Waals surface area contributed by atoms with Gasteiger partial charge in [-0.2, -0.15) is 0 Å². The Hall–Kier alpha value is -1.17. The number of carbonyl (C=O) groups is 2. The maximum absolute atomic E-state index is 11.1. The second-order valence-corrected chi connectivity index (χ2v) is 4.22. The van der Waals surface area contributed by atoms with Crippen LogP contribution in [0, 0.1) is 0 Å². The molecule has 0 rings (SSSR count). The molecule has 0 fully saturated rings. The predicted molar refractivity (Wildman–Crippen MR) is 58.5 cm³/mol. The normalized spacial score (nSPS) is 11.8. The molecule has 0 aromatic heterocycles. The lowest BCUT2D eigenvalue weighted by atomic mass is 10.5.